The molecule has 19 heavy (non-hydrogen) atoms. The highest BCUT2D eigenvalue weighted by Gasteiger charge is 2.33. The lowest BCUT2D eigenvalue weighted by atomic mass is 9.89. The standard InChI is InChI=1S/C12H14F3NO2.ClH/c1-11(16,7-10(17)18-2)8-4-3-5-9(6-8)12(13,14)15;/h3-6H,7,16H2,1-2H3;1H. The molecule has 0 aromatic heterocycles. The number of hydrogen-bond acceptors (Lipinski definition) is 3. The molecule has 1 aromatic rings. The van der Waals surface area contributed by atoms with Crippen LogP contribution in [0.3, 0.4) is 0 Å². The van der Waals surface area contributed by atoms with Crippen LogP contribution in [0.5, 0.6) is 0 Å². The van der Waals surface area contributed by atoms with Crippen molar-refractivity contribution in [2.45, 2.75) is 25.1 Å². The van der Waals surface area contributed by atoms with Gasteiger partial charge in [-0.05, 0) is 24.6 Å². The zero-order valence-electron chi connectivity index (χ0n) is 10.5. The Bertz CT molecular complexity index is 447. The fraction of sp³-hybridized carbons (Fsp3) is 0.417. The molecular weight excluding hydrogens is 283 g/mol. The SMILES string of the molecule is COC(=O)CC(C)(N)c1cccc(C(F)(F)F)c1.Cl. The third kappa shape index (κ3) is 4.72. The number of rotatable bonds is 3. The Kier molecular flexibility index (Phi) is 5.83. The minimum absolute atomic E-state index is 0. The molecule has 1 aromatic carbocycles. The van der Waals surface area contributed by atoms with E-state index in [9.17, 15) is 18.0 Å². The summed E-state index contributed by atoms with van der Waals surface area (Å²) in [6, 6.07) is 4.62. The minimum Gasteiger partial charge on any atom is -0.469 e. The molecule has 3 nitrogen and oxygen atoms in total. The Morgan fingerprint density at radius 1 is 1.32 bits per heavy atom. The summed E-state index contributed by atoms with van der Waals surface area (Å²) in [6.45, 7) is 1.49. The molecule has 0 radical (unpaired) electrons. The molecule has 0 bridgehead atoms. The average Bonchev–Trinajstić information content (AvgIpc) is 2.27. The normalized spacial score (nSPS) is 14.2. The van der Waals surface area contributed by atoms with Crippen molar-refractivity contribution in [1.29, 1.82) is 0 Å². The van der Waals surface area contributed by atoms with Gasteiger partial charge in [-0.3, -0.25) is 4.79 Å². The Morgan fingerprint density at radius 2 is 1.84 bits per heavy atom. The first-order valence-electron chi connectivity index (χ1n) is 5.20. The average molecular weight is 298 g/mol. The molecule has 0 heterocycles. The number of benzene rings is 1. The van der Waals surface area contributed by atoms with Crippen LogP contribution in [0.4, 0.5) is 13.2 Å². The highest BCUT2D eigenvalue weighted by Crippen LogP contribution is 2.32. The molecule has 0 aliphatic heterocycles. The molecule has 7 heteroatoms. The molecule has 0 saturated heterocycles. The van der Waals surface area contributed by atoms with Crippen molar-refractivity contribution in [3.8, 4) is 0 Å². The van der Waals surface area contributed by atoms with Gasteiger partial charge in [0.15, 0.2) is 0 Å². The van der Waals surface area contributed by atoms with Gasteiger partial charge in [-0.25, -0.2) is 0 Å². The van der Waals surface area contributed by atoms with Gasteiger partial charge in [0, 0.05) is 5.54 Å². The van der Waals surface area contributed by atoms with Crippen molar-refractivity contribution in [1.82, 2.24) is 0 Å². The van der Waals surface area contributed by atoms with E-state index in [2.05, 4.69) is 4.74 Å². The highest BCUT2D eigenvalue weighted by molar-refractivity contribution is 5.85. The van der Waals surface area contributed by atoms with Gasteiger partial charge >= 0.3 is 12.1 Å². The highest BCUT2D eigenvalue weighted by atomic mass is 35.5. The molecule has 0 aliphatic rings. The van der Waals surface area contributed by atoms with E-state index in [4.69, 9.17) is 5.73 Å². The first-order chi connectivity index (χ1) is 8.16. The second kappa shape index (κ2) is 6.25. The monoisotopic (exact) mass is 297 g/mol. The van der Waals surface area contributed by atoms with Gasteiger partial charge in [0.05, 0.1) is 19.1 Å². The largest absolute Gasteiger partial charge is 0.469 e. The summed E-state index contributed by atoms with van der Waals surface area (Å²) in [4.78, 5) is 11.2. The van der Waals surface area contributed by atoms with Crippen LogP contribution in [0.25, 0.3) is 0 Å². The van der Waals surface area contributed by atoms with E-state index in [1.54, 1.807) is 0 Å². The molecule has 0 amide bonds. The first-order valence-corrected chi connectivity index (χ1v) is 5.20. The van der Waals surface area contributed by atoms with Crippen LogP contribution in [0.1, 0.15) is 24.5 Å². The number of alkyl halides is 3. The molecule has 108 valence electrons. The van der Waals surface area contributed by atoms with Gasteiger partial charge in [-0.1, -0.05) is 12.1 Å². The van der Waals surface area contributed by atoms with Crippen molar-refractivity contribution >= 4 is 18.4 Å². The topological polar surface area (TPSA) is 52.3 Å². The Balaban J connectivity index is 0.00000324. The van der Waals surface area contributed by atoms with Crippen molar-refractivity contribution in [2.24, 2.45) is 5.73 Å². The van der Waals surface area contributed by atoms with Gasteiger partial charge < -0.3 is 10.5 Å². The van der Waals surface area contributed by atoms with Crippen molar-refractivity contribution in [2.75, 3.05) is 7.11 Å². The molecule has 0 fully saturated rings. The number of nitrogens with two attached hydrogens (primary N) is 1. The number of ether oxygens (including phenoxy) is 1. The summed E-state index contributed by atoms with van der Waals surface area (Å²) in [5.41, 5.74) is 4.11. The lowest BCUT2D eigenvalue weighted by molar-refractivity contribution is -0.142. The molecule has 1 unspecified atom stereocenters. The number of esters is 1. The molecule has 2 N–H and O–H groups in total. The van der Waals surface area contributed by atoms with Crippen LogP contribution in [0.15, 0.2) is 24.3 Å². The molecule has 1 rings (SSSR count). The summed E-state index contributed by atoms with van der Waals surface area (Å²) in [7, 11) is 1.20. The zero-order valence-corrected chi connectivity index (χ0v) is 11.3. The third-order valence-corrected chi connectivity index (χ3v) is 2.59. The number of hydrogen-bond donors (Lipinski definition) is 1. The predicted molar refractivity (Wildman–Crippen MR) is 66.9 cm³/mol. The van der Waals surface area contributed by atoms with Crippen LogP contribution in [-0.4, -0.2) is 13.1 Å². The van der Waals surface area contributed by atoms with Gasteiger partial charge in [-0.15, -0.1) is 12.4 Å². The number of methoxy groups -OCH3 is 1. The van der Waals surface area contributed by atoms with Gasteiger partial charge in [0.1, 0.15) is 0 Å². The number of carbonyl (C=O) groups excluding carboxylic acids is 1. The molecule has 0 aliphatic carbocycles. The first kappa shape index (κ1) is 17.7. The summed E-state index contributed by atoms with van der Waals surface area (Å²) in [6.07, 6.45) is -4.62. The summed E-state index contributed by atoms with van der Waals surface area (Å²) in [5.74, 6) is -0.572. The Labute approximate surface area is 115 Å². The van der Waals surface area contributed by atoms with Crippen LogP contribution in [0.2, 0.25) is 0 Å². The molecule has 0 saturated carbocycles. The van der Waals surface area contributed by atoms with Crippen molar-refractivity contribution in [3.05, 3.63) is 35.4 Å². The van der Waals surface area contributed by atoms with Crippen molar-refractivity contribution in [3.63, 3.8) is 0 Å². The van der Waals surface area contributed by atoms with Crippen LogP contribution >= 0.6 is 12.4 Å². The lowest BCUT2D eigenvalue weighted by Crippen LogP contribution is -2.36. The second-order valence-electron chi connectivity index (χ2n) is 4.25. The quantitative estimate of drug-likeness (QED) is 0.873. The Hall–Kier alpha value is -1.27. The molecular formula is C12H15ClF3NO2. The zero-order chi connectivity index (χ0) is 14.0. The minimum atomic E-state index is -4.43. The number of halogens is 4. The van der Waals surface area contributed by atoms with Crippen molar-refractivity contribution < 1.29 is 22.7 Å². The van der Waals surface area contributed by atoms with Crippen LogP contribution < -0.4 is 5.73 Å². The fourth-order valence-electron chi connectivity index (χ4n) is 1.52. The van der Waals surface area contributed by atoms with E-state index < -0.39 is 23.2 Å². The van der Waals surface area contributed by atoms with E-state index in [1.807, 2.05) is 0 Å². The Morgan fingerprint density at radius 3 is 2.32 bits per heavy atom. The van der Waals surface area contributed by atoms with Crippen LogP contribution in [-0.2, 0) is 21.2 Å². The summed E-state index contributed by atoms with van der Waals surface area (Å²) >= 11 is 0. The maximum absolute atomic E-state index is 12.6. The smallest absolute Gasteiger partial charge is 0.416 e. The van der Waals surface area contributed by atoms with Gasteiger partial charge in [0.25, 0.3) is 0 Å². The molecule has 1 atom stereocenters. The molecule has 0 spiro atoms. The third-order valence-electron chi connectivity index (χ3n) is 2.59. The summed E-state index contributed by atoms with van der Waals surface area (Å²) in [5, 5.41) is 0. The fourth-order valence-corrected chi connectivity index (χ4v) is 1.52. The van der Waals surface area contributed by atoms with Gasteiger partial charge in [-0.2, -0.15) is 13.2 Å². The summed E-state index contributed by atoms with van der Waals surface area (Å²) < 4.78 is 42.1. The van der Waals surface area contributed by atoms with E-state index >= 15 is 0 Å². The van der Waals surface area contributed by atoms with E-state index in [0.717, 1.165) is 12.1 Å². The number of carbonyl (C=O) groups is 1. The van der Waals surface area contributed by atoms with Crippen LogP contribution in [0, 0.1) is 0 Å². The maximum Gasteiger partial charge on any atom is 0.416 e. The predicted octanol–water partition coefficient (Wildman–Crippen LogP) is 2.86. The van der Waals surface area contributed by atoms with Gasteiger partial charge in [0.2, 0.25) is 0 Å². The second-order valence-corrected chi connectivity index (χ2v) is 4.25. The lowest BCUT2D eigenvalue weighted by Gasteiger charge is -2.24. The van der Waals surface area contributed by atoms with E-state index in [0.29, 0.717) is 0 Å². The van der Waals surface area contributed by atoms with E-state index in [-0.39, 0.29) is 24.4 Å². The van der Waals surface area contributed by atoms with E-state index in [1.165, 1.54) is 26.2 Å². The maximum atomic E-state index is 12.6.